The second kappa shape index (κ2) is 10.4. The molecule has 1 aromatic heterocycles. The maximum absolute atomic E-state index is 9.31. The maximum Gasteiger partial charge on any atom is 0.114 e. The minimum absolute atomic E-state index is 0.0478. The number of benzene rings is 7. The van der Waals surface area contributed by atoms with Crippen molar-refractivity contribution in [3.63, 3.8) is 0 Å². The highest BCUT2D eigenvalue weighted by Gasteiger charge is 2.19. The summed E-state index contributed by atoms with van der Waals surface area (Å²) in [5.74, 6) is -0.341. The normalized spacial score (nSPS) is 16.4. The van der Waals surface area contributed by atoms with E-state index in [0.29, 0.717) is 33.4 Å². The van der Waals surface area contributed by atoms with E-state index in [9.17, 15) is 5.48 Å². The Hall–Kier alpha value is -5.47. The van der Waals surface area contributed by atoms with Crippen molar-refractivity contribution in [3.05, 3.63) is 157 Å². The molecule has 8 aromatic rings. The molecule has 0 amide bonds. The molecular weight excluding hydrogens is 520 g/mol. The third-order valence-electron chi connectivity index (χ3n) is 7.74. The number of nitrogens with zero attached hydrogens (tertiary/aromatic N) is 2. The van der Waals surface area contributed by atoms with Gasteiger partial charge in [-0.15, -0.1) is 0 Å². The smallest absolute Gasteiger partial charge is 0.114 e. The van der Waals surface area contributed by atoms with Crippen LogP contribution in [-0.2, 0) is 6.37 Å². The molecule has 0 aliphatic carbocycles. The fourth-order valence-corrected chi connectivity index (χ4v) is 5.90. The van der Waals surface area contributed by atoms with Crippen LogP contribution in [0, 0.1) is 0 Å². The van der Waals surface area contributed by atoms with Gasteiger partial charge in [0.2, 0.25) is 0 Å². The Bertz CT molecular complexity index is 2820. The minimum atomic E-state index is -3.06. The van der Waals surface area contributed by atoms with Gasteiger partial charge < -0.3 is 0 Å². The molecule has 0 saturated heterocycles. The second-order valence-electron chi connectivity index (χ2n) is 10.1. The Kier molecular flexibility index (Phi) is 3.67. The van der Waals surface area contributed by atoms with Crippen LogP contribution in [0.25, 0.3) is 71.6 Å². The Morgan fingerprint density at radius 3 is 1.86 bits per heavy atom. The van der Waals surface area contributed by atoms with Crippen LogP contribution in [0.3, 0.4) is 0 Å². The van der Waals surface area contributed by atoms with Crippen LogP contribution in [0.1, 0.15) is 30.5 Å². The number of imidazole rings is 1. The van der Waals surface area contributed by atoms with Crippen LogP contribution in [0.15, 0.2) is 151 Å². The molecule has 0 fully saturated rings. The standard InChI is InChI=1S/C41H30N2/c1-2-39-42-37-22-12-13-23-38(37)43(39)30-26-24-29(25-27-30)40-33-18-8-10-20-35(33)41(36-21-11-9-19-34(36)40)32-17-7-6-16-31(32)28-14-4-3-5-15-28/h3-27H,2H2,1H3/i1D3,2D2,8D,9D,10D,11D,18D,19D,20D,21D. The lowest BCUT2D eigenvalue weighted by molar-refractivity contribution is 0.908. The molecule has 7 aromatic carbocycles. The van der Waals surface area contributed by atoms with Crippen molar-refractivity contribution < 1.29 is 17.8 Å². The van der Waals surface area contributed by atoms with E-state index in [4.69, 9.17) is 12.3 Å². The predicted molar refractivity (Wildman–Crippen MR) is 182 cm³/mol. The van der Waals surface area contributed by atoms with E-state index in [1.807, 2.05) is 42.5 Å². The monoisotopic (exact) mass is 563 g/mol. The van der Waals surface area contributed by atoms with E-state index < -0.39 is 49.5 Å². The van der Waals surface area contributed by atoms with Crippen LogP contribution >= 0.6 is 0 Å². The van der Waals surface area contributed by atoms with Crippen molar-refractivity contribution in [2.45, 2.75) is 13.2 Å². The number of aromatic nitrogens is 2. The number of rotatable bonds is 5. The fourth-order valence-electron chi connectivity index (χ4n) is 5.90. The molecule has 0 aliphatic heterocycles. The molecule has 2 nitrogen and oxygen atoms in total. The lowest BCUT2D eigenvalue weighted by Crippen LogP contribution is -2.00. The Morgan fingerprint density at radius 2 is 1.19 bits per heavy atom. The average molecular weight is 564 g/mol. The van der Waals surface area contributed by atoms with Crippen molar-refractivity contribution in [1.29, 1.82) is 0 Å². The summed E-state index contributed by atoms with van der Waals surface area (Å²) in [4.78, 5) is 4.40. The fraction of sp³-hybridized carbons (Fsp3) is 0.0488. The SMILES string of the molecule is [2H]c1c([2H])c([2H])c2c(-c3ccccc3-c3ccccc3)c3c([2H])c([2H])c([2H])c([2H])c3c(-c3ccc(-n4c(C([2H])([2H])C([2H])([2H])[2H])nc5ccccc54)cc3)c2c1[2H]. The van der Waals surface area contributed by atoms with Gasteiger partial charge in [0, 0.05) is 18.9 Å². The lowest BCUT2D eigenvalue weighted by atomic mass is 9.84. The summed E-state index contributed by atoms with van der Waals surface area (Å²) in [5.41, 5.74) is 3.87. The molecule has 0 saturated carbocycles. The van der Waals surface area contributed by atoms with Crippen LogP contribution in [0.5, 0.6) is 0 Å². The molecule has 0 atom stereocenters. The van der Waals surface area contributed by atoms with Gasteiger partial charge in [-0.25, -0.2) is 4.98 Å². The number of para-hydroxylation sites is 2. The largest absolute Gasteiger partial charge is 0.296 e. The highest BCUT2D eigenvalue weighted by Crippen LogP contribution is 2.46. The molecule has 8 rings (SSSR count). The van der Waals surface area contributed by atoms with Gasteiger partial charge in [-0.3, -0.25) is 4.57 Å². The highest BCUT2D eigenvalue weighted by atomic mass is 15.1. The second-order valence-corrected chi connectivity index (χ2v) is 10.1. The van der Waals surface area contributed by atoms with Crippen LogP contribution in [0.4, 0.5) is 0 Å². The Labute approximate surface area is 269 Å². The van der Waals surface area contributed by atoms with E-state index >= 15 is 0 Å². The zero-order valence-electron chi connectivity index (χ0n) is 35.7. The number of hydrogen-bond acceptors (Lipinski definition) is 1. The lowest BCUT2D eigenvalue weighted by Gasteiger charge is -2.20. The molecule has 0 unspecified atom stereocenters. The van der Waals surface area contributed by atoms with Gasteiger partial charge >= 0.3 is 0 Å². The summed E-state index contributed by atoms with van der Waals surface area (Å²) < 4.78 is 115. The van der Waals surface area contributed by atoms with E-state index in [2.05, 4.69) is 4.98 Å². The topological polar surface area (TPSA) is 17.8 Å². The van der Waals surface area contributed by atoms with Crippen LogP contribution < -0.4 is 0 Å². The van der Waals surface area contributed by atoms with Crippen molar-refractivity contribution in [1.82, 2.24) is 9.55 Å². The maximum atomic E-state index is 9.31. The van der Waals surface area contributed by atoms with E-state index in [1.165, 1.54) is 4.57 Å². The van der Waals surface area contributed by atoms with Gasteiger partial charge in [0.25, 0.3) is 0 Å². The molecule has 0 spiro atoms. The first-order valence-corrected chi connectivity index (χ1v) is 13.8. The van der Waals surface area contributed by atoms with Gasteiger partial charge in [0.1, 0.15) is 5.82 Å². The van der Waals surface area contributed by atoms with Gasteiger partial charge in [-0.1, -0.05) is 134 Å². The Balaban J connectivity index is 1.52. The molecule has 2 heteroatoms. The first kappa shape index (κ1) is 15.1. The van der Waals surface area contributed by atoms with E-state index in [-0.39, 0.29) is 50.6 Å². The van der Waals surface area contributed by atoms with Crippen molar-refractivity contribution >= 4 is 32.6 Å². The van der Waals surface area contributed by atoms with E-state index in [0.717, 1.165) is 5.56 Å². The van der Waals surface area contributed by atoms with Crippen molar-refractivity contribution in [2.24, 2.45) is 0 Å². The number of hydrogen-bond donors (Lipinski definition) is 0. The van der Waals surface area contributed by atoms with Crippen molar-refractivity contribution in [3.8, 4) is 39.1 Å². The molecule has 43 heavy (non-hydrogen) atoms. The summed E-state index contributed by atoms with van der Waals surface area (Å²) in [6, 6.07) is 26.1. The summed E-state index contributed by atoms with van der Waals surface area (Å²) in [6.45, 7) is -3.06. The predicted octanol–water partition coefficient (Wildman–Crippen LogP) is 10.9. The van der Waals surface area contributed by atoms with Gasteiger partial charge in [-0.2, -0.15) is 0 Å². The first-order valence-electron chi connectivity index (χ1n) is 20.3. The minimum Gasteiger partial charge on any atom is -0.296 e. The first-order chi connectivity index (χ1) is 26.6. The summed E-state index contributed by atoms with van der Waals surface area (Å²) >= 11 is 0. The quantitative estimate of drug-likeness (QED) is 0.190. The van der Waals surface area contributed by atoms with Crippen LogP contribution in [0.2, 0.25) is 0 Å². The Morgan fingerprint density at radius 1 is 0.605 bits per heavy atom. The average Bonchev–Trinajstić information content (AvgIpc) is 3.60. The number of fused-ring (bicyclic) bond motifs is 3. The third-order valence-corrected chi connectivity index (χ3v) is 7.74. The molecule has 0 N–H and O–H groups in total. The number of aryl methyl sites for hydroxylation is 1. The van der Waals surface area contributed by atoms with Gasteiger partial charge in [-0.05, 0) is 79.2 Å². The summed E-state index contributed by atoms with van der Waals surface area (Å²) in [6.07, 6.45) is -2.85. The van der Waals surface area contributed by atoms with E-state index in [1.54, 1.807) is 60.7 Å². The summed E-state index contributed by atoms with van der Waals surface area (Å²) in [5, 5.41) is 0.243. The molecule has 204 valence electrons. The third kappa shape index (κ3) is 4.14. The molecule has 0 bridgehead atoms. The van der Waals surface area contributed by atoms with Crippen molar-refractivity contribution in [2.75, 3.05) is 0 Å². The molecule has 0 aliphatic rings. The molecule has 1 heterocycles. The highest BCUT2D eigenvalue weighted by molar-refractivity contribution is 6.22. The van der Waals surface area contributed by atoms with Gasteiger partial charge in [0.05, 0.1) is 22.0 Å². The summed E-state index contributed by atoms with van der Waals surface area (Å²) in [7, 11) is 0. The van der Waals surface area contributed by atoms with Gasteiger partial charge in [0.15, 0.2) is 0 Å². The van der Waals surface area contributed by atoms with Crippen LogP contribution in [-0.4, -0.2) is 9.55 Å². The molecular formula is C41H30N2. The molecule has 0 radical (unpaired) electrons. The zero-order valence-corrected chi connectivity index (χ0v) is 22.7. The zero-order chi connectivity index (χ0) is 40.0.